The maximum atomic E-state index is 11.5. The van der Waals surface area contributed by atoms with Crippen molar-refractivity contribution in [1.82, 2.24) is 0 Å². The van der Waals surface area contributed by atoms with Crippen LogP contribution in [0.2, 0.25) is 0 Å². The first-order valence-corrected chi connectivity index (χ1v) is 6.26. The van der Waals surface area contributed by atoms with E-state index in [-0.39, 0.29) is 12.4 Å². The van der Waals surface area contributed by atoms with E-state index in [4.69, 9.17) is 9.78 Å². The fraction of sp³-hybridized carbons (Fsp3) is 0.188. The van der Waals surface area contributed by atoms with Crippen molar-refractivity contribution in [3.8, 4) is 0 Å². The van der Waals surface area contributed by atoms with Crippen LogP contribution in [0, 0.1) is 0 Å². The van der Waals surface area contributed by atoms with E-state index in [2.05, 4.69) is 0 Å². The normalized spacial score (nSPS) is 22.2. The molecule has 0 bridgehead atoms. The number of carbonyl (C=O) groups excluding carboxylic acids is 1. The monoisotopic (exact) mass is 254 g/mol. The van der Waals surface area contributed by atoms with E-state index in [9.17, 15) is 4.79 Å². The lowest BCUT2D eigenvalue weighted by Crippen LogP contribution is -2.28. The second kappa shape index (κ2) is 4.86. The highest BCUT2D eigenvalue weighted by Gasteiger charge is 2.44. The van der Waals surface area contributed by atoms with Crippen molar-refractivity contribution < 1.29 is 14.6 Å². The van der Waals surface area contributed by atoms with Gasteiger partial charge in [0, 0.05) is 6.42 Å². The van der Waals surface area contributed by atoms with Crippen LogP contribution >= 0.6 is 0 Å². The molecule has 0 radical (unpaired) electrons. The van der Waals surface area contributed by atoms with Gasteiger partial charge in [0.1, 0.15) is 0 Å². The summed E-state index contributed by atoms with van der Waals surface area (Å²) in [5.74, 6) is -0.320. The lowest BCUT2D eigenvalue weighted by Gasteiger charge is -2.24. The summed E-state index contributed by atoms with van der Waals surface area (Å²) in [5.41, 5.74) is 1.37. The molecule has 1 aliphatic rings. The Balaban J connectivity index is 1.96. The average Bonchev–Trinajstić information content (AvgIpc) is 2.83. The first-order chi connectivity index (χ1) is 9.28. The van der Waals surface area contributed by atoms with Crippen molar-refractivity contribution in [3.63, 3.8) is 0 Å². The van der Waals surface area contributed by atoms with Gasteiger partial charge in [-0.2, -0.15) is 4.89 Å². The molecule has 1 heterocycles. The molecule has 0 unspecified atom stereocenters. The molecule has 2 aromatic rings. The van der Waals surface area contributed by atoms with Gasteiger partial charge in [-0.1, -0.05) is 60.7 Å². The summed E-state index contributed by atoms with van der Waals surface area (Å²) < 4.78 is 0. The molecular formula is C16H14O3. The van der Waals surface area contributed by atoms with E-state index < -0.39 is 5.60 Å². The third kappa shape index (κ3) is 2.37. The van der Waals surface area contributed by atoms with Gasteiger partial charge in [0.15, 0.2) is 5.60 Å². The maximum absolute atomic E-state index is 11.5. The average molecular weight is 254 g/mol. The highest BCUT2D eigenvalue weighted by atomic mass is 17.2. The molecule has 1 fully saturated rings. The molecule has 19 heavy (non-hydrogen) atoms. The van der Waals surface area contributed by atoms with E-state index in [1.807, 2.05) is 60.7 Å². The molecule has 3 nitrogen and oxygen atoms in total. The van der Waals surface area contributed by atoms with Gasteiger partial charge in [0.2, 0.25) is 0 Å². The largest absolute Gasteiger partial charge is 0.345 e. The minimum atomic E-state index is -0.709. The van der Waals surface area contributed by atoms with Crippen LogP contribution in [0.3, 0.4) is 0 Å². The molecule has 0 saturated carbocycles. The Bertz CT molecular complexity index is 565. The highest BCUT2D eigenvalue weighted by Crippen LogP contribution is 2.38. The van der Waals surface area contributed by atoms with E-state index in [0.29, 0.717) is 6.42 Å². The van der Waals surface area contributed by atoms with Crippen LogP contribution in [-0.4, -0.2) is 5.97 Å². The lowest BCUT2D eigenvalue weighted by molar-refractivity contribution is -0.298. The molecule has 1 atom stereocenters. The Morgan fingerprint density at radius 1 is 0.947 bits per heavy atom. The van der Waals surface area contributed by atoms with E-state index in [0.717, 1.165) is 11.1 Å². The van der Waals surface area contributed by atoms with Crippen LogP contribution in [0.5, 0.6) is 0 Å². The second-order valence-electron chi connectivity index (χ2n) is 4.74. The Morgan fingerprint density at radius 3 is 2.16 bits per heavy atom. The summed E-state index contributed by atoms with van der Waals surface area (Å²) in [7, 11) is 0. The quantitative estimate of drug-likeness (QED) is 0.790. The number of hydrogen-bond donors (Lipinski definition) is 0. The van der Waals surface area contributed by atoms with Gasteiger partial charge >= 0.3 is 5.97 Å². The van der Waals surface area contributed by atoms with E-state index >= 15 is 0 Å². The van der Waals surface area contributed by atoms with Gasteiger partial charge in [-0.15, -0.1) is 0 Å². The van der Waals surface area contributed by atoms with Crippen molar-refractivity contribution >= 4 is 5.97 Å². The number of carbonyl (C=O) groups is 1. The topological polar surface area (TPSA) is 35.5 Å². The van der Waals surface area contributed by atoms with Gasteiger partial charge in [-0.3, -0.25) is 4.89 Å². The molecule has 0 aromatic heterocycles. The van der Waals surface area contributed by atoms with Crippen LogP contribution in [-0.2, 0) is 26.6 Å². The highest BCUT2D eigenvalue weighted by molar-refractivity contribution is 5.72. The van der Waals surface area contributed by atoms with Crippen molar-refractivity contribution in [2.75, 3.05) is 0 Å². The van der Waals surface area contributed by atoms with Gasteiger partial charge in [0.05, 0.1) is 6.42 Å². The predicted molar refractivity (Wildman–Crippen MR) is 70.1 cm³/mol. The predicted octanol–water partition coefficient (Wildman–Crippen LogP) is 3.00. The Labute approximate surface area is 111 Å². The maximum Gasteiger partial charge on any atom is 0.345 e. The molecule has 2 aromatic carbocycles. The molecule has 3 heteroatoms. The first-order valence-electron chi connectivity index (χ1n) is 6.26. The minimum Gasteiger partial charge on any atom is -0.297 e. The standard InChI is InChI=1S/C16H14O3/c17-15-12-16(19-18-15,14-9-5-2-6-10-14)11-13-7-3-1-4-8-13/h1-10H,11-12H2/t16-/m0/s1. The summed E-state index contributed by atoms with van der Waals surface area (Å²) in [4.78, 5) is 21.6. The smallest absolute Gasteiger partial charge is 0.297 e. The van der Waals surface area contributed by atoms with E-state index in [1.165, 1.54) is 0 Å². The molecule has 96 valence electrons. The SMILES string of the molecule is O=C1C[C@@](Cc2ccccc2)(c2ccccc2)OO1. The Morgan fingerprint density at radius 2 is 1.58 bits per heavy atom. The van der Waals surface area contributed by atoms with Crippen molar-refractivity contribution in [2.24, 2.45) is 0 Å². The summed E-state index contributed by atoms with van der Waals surface area (Å²) >= 11 is 0. The zero-order chi connectivity index (χ0) is 13.1. The van der Waals surface area contributed by atoms with E-state index in [1.54, 1.807) is 0 Å². The van der Waals surface area contributed by atoms with Crippen molar-refractivity contribution in [1.29, 1.82) is 0 Å². The Hall–Kier alpha value is -2.13. The van der Waals surface area contributed by atoms with Crippen molar-refractivity contribution in [3.05, 3.63) is 71.8 Å². The zero-order valence-electron chi connectivity index (χ0n) is 10.4. The first kappa shape index (κ1) is 11.9. The van der Waals surface area contributed by atoms with Crippen molar-refractivity contribution in [2.45, 2.75) is 18.4 Å². The number of rotatable bonds is 3. The molecule has 0 amide bonds. The third-order valence-corrected chi connectivity index (χ3v) is 3.36. The lowest BCUT2D eigenvalue weighted by atomic mass is 9.85. The fourth-order valence-electron chi connectivity index (χ4n) is 2.43. The van der Waals surface area contributed by atoms with Crippen LogP contribution < -0.4 is 0 Å². The number of hydrogen-bond acceptors (Lipinski definition) is 3. The van der Waals surface area contributed by atoms with Crippen LogP contribution in [0.15, 0.2) is 60.7 Å². The molecule has 0 aliphatic carbocycles. The van der Waals surface area contributed by atoms with Crippen LogP contribution in [0.25, 0.3) is 0 Å². The molecular weight excluding hydrogens is 240 g/mol. The second-order valence-corrected chi connectivity index (χ2v) is 4.74. The molecule has 0 N–H and O–H groups in total. The van der Waals surface area contributed by atoms with Crippen LogP contribution in [0.4, 0.5) is 0 Å². The van der Waals surface area contributed by atoms with Gasteiger partial charge in [-0.05, 0) is 11.1 Å². The van der Waals surface area contributed by atoms with Crippen LogP contribution in [0.1, 0.15) is 17.5 Å². The summed E-state index contributed by atoms with van der Waals surface area (Å²) in [6.45, 7) is 0. The summed E-state index contributed by atoms with van der Waals surface area (Å²) in [6, 6.07) is 19.7. The summed E-state index contributed by atoms with van der Waals surface area (Å²) in [6.07, 6.45) is 0.857. The summed E-state index contributed by atoms with van der Waals surface area (Å²) in [5, 5.41) is 0. The zero-order valence-corrected chi connectivity index (χ0v) is 10.4. The molecule has 3 rings (SSSR count). The minimum absolute atomic E-state index is 0.242. The molecule has 1 aliphatic heterocycles. The number of benzene rings is 2. The molecule has 1 saturated heterocycles. The van der Waals surface area contributed by atoms with Gasteiger partial charge in [-0.25, -0.2) is 4.79 Å². The Kier molecular flexibility index (Phi) is 3.05. The molecule has 0 spiro atoms. The van der Waals surface area contributed by atoms with Gasteiger partial charge < -0.3 is 0 Å². The fourth-order valence-corrected chi connectivity index (χ4v) is 2.43. The van der Waals surface area contributed by atoms with Gasteiger partial charge in [0.25, 0.3) is 0 Å². The third-order valence-electron chi connectivity index (χ3n) is 3.36.